The molecule has 156 valence electrons. The molecule has 0 saturated heterocycles. The van der Waals surface area contributed by atoms with Gasteiger partial charge in [0.25, 0.3) is 11.7 Å². The van der Waals surface area contributed by atoms with Crippen molar-refractivity contribution >= 4 is 34.7 Å². The first-order valence-corrected chi connectivity index (χ1v) is 9.50. The van der Waals surface area contributed by atoms with Crippen LogP contribution < -0.4 is 10.6 Å². The quantitative estimate of drug-likeness (QED) is 0.321. The standard InChI is InChI=1S/C21H15F5N2OS/c22-20(23)30-16-8-4-7-15(12-16)27-18-10-2-1-9-17(18)19(29)28-14-6-3-5-13(11-14)21(24,25)26/h1-12,20,27H,(H,28,29). The molecule has 9 heteroatoms. The Morgan fingerprint density at radius 1 is 0.867 bits per heavy atom. The molecule has 3 nitrogen and oxygen atoms in total. The van der Waals surface area contributed by atoms with E-state index < -0.39 is 23.4 Å². The Bertz CT molecular complexity index is 1040. The van der Waals surface area contributed by atoms with Crippen LogP contribution in [0, 0.1) is 0 Å². The number of carbonyl (C=O) groups is 1. The molecule has 0 bridgehead atoms. The highest BCUT2D eigenvalue weighted by Gasteiger charge is 2.30. The van der Waals surface area contributed by atoms with Crippen LogP contribution in [0.15, 0.2) is 77.7 Å². The molecule has 0 aliphatic carbocycles. The molecule has 0 spiro atoms. The van der Waals surface area contributed by atoms with E-state index in [1.54, 1.807) is 30.3 Å². The smallest absolute Gasteiger partial charge is 0.355 e. The van der Waals surface area contributed by atoms with Crippen LogP contribution in [-0.4, -0.2) is 11.7 Å². The zero-order chi connectivity index (χ0) is 21.7. The zero-order valence-electron chi connectivity index (χ0n) is 15.2. The number of rotatable bonds is 6. The van der Waals surface area contributed by atoms with Gasteiger partial charge < -0.3 is 10.6 Å². The summed E-state index contributed by atoms with van der Waals surface area (Å²) in [4.78, 5) is 13.0. The van der Waals surface area contributed by atoms with Crippen molar-refractivity contribution in [2.45, 2.75) is 16.8 Å². The third kappa shape index (κ3) is 5.73. The number of hydrogen-bond acceptors (Lipinski definition) is 3. The van der Waals surface area contributed by atoms with Gasteiger partial charge in [-0.05, 0) is 48.5 Å². The lowest BCUT2D eigenvalue weighted by molar-refractivity contribution is -0.137. The molecular weight excluding hydrogens is 423 g/mol. The molecule has 3 aromatic rings. The van der Waals surface area contributed by atoms with Crippen molar-refractivity contribution in [1.82, 2.24) is 0 Å². The van der Waals surface area contributed by atoms with E-state index in [0.29, 0.717) is 28.0 Å². The second kappa shape index (κ2) is 9.17. The normalized spacial score (nSPS) is 11.4. The van der Waals surface area contributed by atoms with E-state index in [1.807, 2.05) is 0 Å². The molecule has 0 aliphatic heterocycles. The van der Waals surface area contributed by atoms with E-state index in [4.69, 9.17) is 0 Å². The van der Waals surface area contributed by atoms with Gasteiger partial charge >= 0.3 is 6.18 Å². The highest BCUT2D eigenvalue weighted by Crippen LogP contribution is 2.32. The molecule has 0 radical (unpaired) electrons. The van der Waals surface area contributed by atoms with Crippen molar-refractivity contribution in [2.75, 3.05) is 10.6 Å². The van der Waals surface area contributed by atoms with Gasteiger partial charge in [-0.3, -0.25) is 4.79 Å². The van der Waals surface area contributed by atoms with E-state index >= 15 is 0 Å². The first kappa shape index (κ1) is 21.6. The lowest BCUT2D eigenvalue weighted by atomic mass is 10.1. The monoisotopic (exact) mass is 438 g/mol. The molecule has 0 saturated carbocycles. The van der Waals surface area contributed by atoms with Crippen LogP contribution in [0.5, 0.6) is 0 Å². The molecule has 0 aliphatic rings. The number of carbonyl (C=O) groups excluding carboxylic acids is 1. The minimum absolute atomic E-state index is 0.0000381. The maximum atomic E-state index is 12.9. The lowest BCUT2D eigenvalue weighted by Crippen LogP contribution is -2.14. The molecule has 30 heavy (non-hydrogen) atoms. The zero-order valence-corrected chi connectivity index (χ0v) is 16.0. The number of benzene rings is 3. The molecule has 3 aromatic carbocycles. The van der Waals surface area contributed by atoms with E-state index in [2.05, 4.69) is 10.6 Å². The summed E-state index contributed by atoms with van der Waals surface area (Å²) in [6.45, 7) is 0. The number of nitrogens with one attached hydrogen (secondary N) is 2. The minimum Gasteiger partial charge on any atom is -0.355 e. The summed E-state index contributed by atoms with van der Waals surface area (Å²) < 4.78 is 63.8. The third-order valence-electron chi connectivity index (χ3n) is 3.96. The highest BCUT2D eigenvalue weighted by molar-refractivity contribution is 7.99. The fourth-order valence-electron chi connectivity index (χ4n) is 2.67. The molecule has 0 atom stereocenters. The van der Waals surface area contributed by atoms with E-state index in [0.717, 1.165) is 12.1 Å². The molecule has 0 fully saturated rings. The molecule has 3 rings (SSSR count). The largest absolute Gasteiger partial charge is 0.416 e. The van der Waals surface area contributed by atoms with Crippen LogP contribution in [-0.2, 0) is 6.18 Å². The number of amides is 1. The first-order chi connectivity index (χ1) is 14.2. The second-order valence-corrected chi connectivity index (χ2v) is 7.17. The van der Waals surface area contributed by atoms with Gasteiger partial charge in [0.2, 0.25) is 0 Å². The first-order valence-electron chi connectivity index (χ1n) is 8.62. The molecule has 0 unspecified atom stereocenters. The van der Waals surface area contributed by atoms with Crippen LogP contribution in [0.25, 0.3) is 0 Å². The van der Waals surface area contributed by atoms with Crippen LogP contribution in [0.4, 0.5) is 39.0 Å². The van der Waals surface area contributed by atoms with Crippen molar-refractivity contribution in [3.63, 3.8) is 0 Å². The van der Waals surface area contributed by atoms with E-state index in [1.165, 1.54) is 30.3 Å². The van der Waals surface area contributed by atoms with Gasteiger partial charge in [0.15, 0.2) is 0 Å². The summed E-state index contributed by atoms with van der Waals surface area (Å²) >= 11 is 0.394. The number of thioether (sulfide) groups is 1. The molecular formula is C21H15F5N2OS. The van der Waals surface area contributed by atoms with Gasteiger partial charge in [-0.15, -0.1) is 0 Å². The lowest BCUT2D eigenvalue weighted by Gasteiger charge is -2.14. The van der Waals surface area contributed by atoms with Crippen LogP contribution >= 0.6 is 11.8 Å². The Balaban J connectivity index is 1.81. The Morgan fingerprint density at radius 2 is 1.57 bits per heavy atom. The highest BCUT2D eigenvalue weighted by atomic mass is 32.2. The fourth-order valence-corrected chi connectivity index (χ4v) is 3.23. The van der Waals surface area contributed by atoms with Gasteiger partial charge in [-0.25, -0.2) is 0 Å². The van der Waals surface area contributed by atoms with Gasteiger partial charge in [0.05, 0.1) is 16.8 Å². The average molecular weight is 438 g/mol. The van der Waals surface area contributed by atoms with Crippen LogP contribution in [0.3, 0.4) is 0 Å². The SMILES string of the molecule is O=C(Nc1cccc(C(F)(F)F)c1)c1ccccc1Nc1cccc(SC(F)F)c1. The predicted octanol–water partition coefficient (Wildman–Crippen LogP) is 7.02. The Morgan fingerprint density at radius 3 is 2.30 bits per heavy atom. The van der Waals surface area contributed by atoms with Crippen LogP contribution in [0.1, 0.15) is 15.9 Å². The summed E-state index contributed by atoms with van der Waals surface area (Å²) in [6.07, 6.45) is -4.53. The van der Waals surface area contributed by atoms with E-state index in [-0.39, 0.29) is 11.3 Å². The summed E-state index contributed by atoms with van der Waals surface area (Å²) in [5.74, 6) is -3.18. The minimum atomic E-state index is -4.53. The second-order valence-electron chi connectivity index (χ2n) is 6.11. The summed E-state index contributed by atoms with van der Waals surface area (Å²) in [5.41, 5.74) is 0.169. The third-order valence-corrected chi connectivity index (χ3v) is 4.66. The van der Waals surface area contributed by atoms with Crippen molar-refractivity contribution in [1.29, 1.82) is 0 Å². The molecule has 0 heterocycles. The average Bonchev–Trinajstić information content (AvgIpc) is 2.68. The Kier molecular flexibility index (Phi) is 6.61. The van der Waals surface area contributed by atoms with Gasteiger partial charge in [0.1, 0.15) is 0 Å². The molecule has 2 N–H and O–H groups in total. The van der Waals surface area contributed by atoms with Gasteiger partial charge in [0, 0.05) is 16.3 Å². The maximum Gasteiger partial charge on any atom is 0.416 e. The number of anilines is 3. The Labute approximate surface area is 173 Å². The summed E-state index contributed by atoms with van der Waals surface area (Å²) in [5, 5.41) is 5.44. The number of hydrogen-bond donors (Lipinski definition) is 2. The van der Waals surface area contributed by atoms with E-state index in [9.17, 15) is 26.7 Å². The van der Waals surface area contributed by atoms with Gasteiger partial charge in [-0.2, -0.15) is 22.0 Å². The number of alkyl halides is 5. The summed E-state index contributed by atoms with van der Waals surface area (Å²) in [6, 6.07) is 17.0. The Hall–Kier alpha value is -3.07. The maximum absolute atomic E-state index is 12.9. The van der Waals surface area contributed by atoms with Crippen molar-refractivity contribution < 1.29 is 26.7 Å². The van der Waals surface area contributed by atoms with Crippen molar-refractivity contribution in [3.05, 3.63) is 83.9 Å². The fraction of sp³-hybridized carbons (Fsp3) is 0.0952. The number of para-hydroxylation sites is 1. The topological polar surface area (TPSA) is 41.1 Å². The van der Waals surface area contributed by atoms with Gasteiger partial charge in [-0.1, -0.05) is 36.0 Å². The summed E-state index contributed by atoms with van der Waals surface area (Å²) in [7, 11) is 0. The van der Waals surface area contributed by atoms with Crippen molar-refractivity contribution in [2.24, 2.45) is 0 Å². The number of halogens is 5. The predicted molar refractivity (Wildman–Crippen MR) is 107 cm³/mol. The van der Waals surface area contributed by atoms with Crippen molar-refractivity contribution in [3.8, 4) is 0 Å². The molecule has 1 amide bonds. The van der Waals surface area contributed by atoms with Crippen LogP contribution in [0.2, 0.25) is 0 Å². The molecule has 0 aromatic heterocycles.